The van der Waals surface area contributed by atoms with Gasteiger partial charge in [-0.05, 0) is 37.3 Å². The van der Waals surface area contributed by atoms with Crippen LogP contribution in [-0.2, 0) is 19.9 Å². The second kappa shape index (κ2) is 7.15. The van der Waals surface area contributed by atoms with Crippen molar-refractivity contribution in [1.82, 2.24) is 25.4 Å². The maximum absolute atomic E-state index is 12.3. The van der Waals surface area contributed by atoms with Gasteiger partial charge in [-0.3, -0.25) is 9.67 Å². The predicted molar refractivity (Wildman–Crippen MR) is 101 cm³/mol. The van der Waals surface area contributed by atoms with Crippen molar-refractivity contribution in [3.8, 4) is 0 Å². The zero-order chi connectivity index (χ0) is 17.9. The molecule has 0 fully saturated rings. The van der Waals surface area contributed by atoms with Crippen molar-refractivity contribution in [1.29, 1.82) is 0 Å². The Balaban J connectivity index is 1.35. The first-order chi connectivity index (χ1) is 12.7. The average molecular weight is 349 g/mol. The lowest BCUT2D eigenvalue weighted by Crippen LogP contribution is -2.39. The summed E-state index contributed by atoms with van der Waals surface area (Å²) in [6.45, 7) is 0.578. The summed E-state index contributed by atoms with van der Waals surface area (Å²) in [7, 11) is 1.96. The molecule has 1 aromatic carbocycles. The molecule has 1 aliphatic rings. The monoisotopic (exact) mass is 349 g/mol. The van der Waals surface area contributed by atoms with Crippen LogP contribution in [0, 0.1) is 0 Å². The van der Waals surface area contributed by atoms with Gasteiger partial charge in [-0.2, -0.15) is 5.10 Å². The first-order valence-electron chi connectivity index (χ1n) is 9.10. The fourth-order valence-electron chi connectivity index (χ4n) is 3.75. The number of amides is 2. The van der Waals surface area contributed by atoms with Crippen LogP contribution >= 0.6 is 0 Å². The number of carbonyl (C=O) groups excluding carboxylic acids is 1. The molecule has 6 heteroatoms. The summed E-state index contributed by atoms with van der Waals surface area (Å²) in [4.78, 5) is 16.8. The van der Waals surface area contributed by atoms with E-state index >= 15 is 0 Å². The quantitative estimate of drug-likeness (QED) is 0.761. The highest BCUT2D eigenvalue weighted by Crippen LogP contribution is 2.28. The third kappa shape index (κ3) is 3.27. The zero-order valence-corrected chi connectivity index (χ0v) is 14.9. The number of hydrogen-bond donors (Lipinski definition) is 2. The minimum absolute atomic E-state index is 0.0478. The van der Waals surface area contributed by atoms with Crippen LogP contribution in [0.4, 0.5) is 4.79 Å². The number of benzene rings is 1. The lowest BCUT2D eigenvalue weighted by atomic mass is 9.93. The maximum atomic E-state index is 12.3. The van der Waals surface area contributed by atoms with Gasteiger partial charge >= 0.3 is 6.03 Å². The number of nitrogens with one attached hydrogen (secondary N) is 2. The largest absolute Gasteiger partial charge is 0.338 e. The molecule has 3 aromatic rings. The first-order valence-corrected chi connectivity index (χ1v) is 9.10. The van der Waals surface area contributed by atoms with E-state index in [2.05, 4.69) is 38.9 Å². The molecule has 0 unspecified atom stereocenters. The second-order valence-electron chi connectivity index (χ2n) is 6.76. The number of carbonyl (C=O) groups is 1. The van der Waals surface area contributed by atoms with Crippen molar-refractivity contribution in [3.63, 3.8) is 0 Å². The first kappa shape index (κ1) is 16.6. The molecule has 1 atom stereocenters. The van der Waals surface area contributed by atoms with Crippen LogP contribution in [0.1, 0.15) is 35.7 Å². The van der Waals surface area contributed by atoms with Gasteiger partial charge in [0.25, 0.3) is 0 Å². The summed E-state index contributed by atoms with van der Waals surface area (Å²) in [5.74, 6) is 0. The van der Waals surface area contributed by atoms with Crippen LogP contribution in [0.25, 0.3) is 10.9 Å². The Morgan fingerprint density at radius 3 is 3.12 bits per heavy atom. The summed E-state index contributed by atoms with van der Waals surface area (Å²) < 4.78 is 1.91. The number of aromatic nitrogens is 3. The molecule has 2 amide bonds. The number of para-hydroxylation sites is 1. The Labute approximate surface area is 152 Å². The van der Waals surface area contributed by atoms with E-state index in [9.17, 15) is 4.79 Å². The van der Waals surface area contributed by atoms with Gasteiger partial charge in [0, 0.05) is 36.4 Å². The van der Waals surface area contributed by atoms with E-state index < -0.39 is 0 Å². The topological polar surface area (TPSA) is 71.8 Å². The van der Waals surface area contributed by atoms with E-state index in [-0.39, 0.29) is 12.1 Å². The molecule has 0 bridgehead atoms. The number of hydrogen-bond acceptors (Lipinski definition) is 3. The normalized spacial score (nSPS) is 16.3. The van der Waals surface area contributed by atoms with Gasteiger partial charge in [-0.25, -0.2) is 4.79 Å². The van der Waals surface area contributed by atoms with E-state index in [1.165, 1.54) is 5.69 Å². The Bertz CT molecular complexity index is 928. The van der Waals surface area contributed by atoms with Gasteiger partial charge < -0.3 is 10.6 Å². The van der Waals surface area contributed by atoms with Crippen LogP contribution < -0.4 is 10.6 Å². The average Bonchev–Trinajstić information content (AvgIpc) is 3.04. The SMILES string of the molecule is Cn1ncc2c1CCC[C@@H]2NC(=O)NCCc1cccc2cccnc12. The highest BCUT2D eigenvalue weighted by atomic mass is 16.2. The fraction of sp³-hybridized carbons (Fsp3) is 0.350. The van der Waals surface area contributed by atoms with E-state index in [1.54, 1.807) is 6.20 Å². The molecule has 0 spiro atoms. The van der Waals surface area contributed by atoms with Crippen molar-refractivity contribution in [2.75, 3.05) is 6.54 Å². The number of nitrogens with zero attached hydrogens (tertiary/aromatic N) is 3. The van der Waals surface area contributed by atoms with Gasteiger partial charge in [0.1, 0.15) is 0 Å². The van der Waals surface area contributed by atoms with Gasteiger partial charge in [0.05, 0.1) is 17.8 Å². The van der Waals surface area contributed by atoms with Gasteiger partial charge in [-0.15, -0.1) is 0 Å². The van der Waals surface area contributed by atoms with E-state index in [0.29, 0.717) is 6.54 Å². The third-order valence-corrected chi connectivity index (χ3v) is 5.08. The summed E-state index contributed by atoms with van der Waals surface area (Å²) in [6, 6.07) is 10.1. The van der Waals surface area contributed by atoms with Gasteiger partial charge in [-0.1, -0.05) is 24.3 Å². The van der Waals surface area contributed by atoms with Crippen molar-refractivity contribution in [2.45, 2.75) is 31.7 Å². The maximum Gasteiger partial charge on any atom is 0.315 e. The Hall–Kier alpha value is -2.89. The van der Waals surface area contributed by atoms with Crippen LogP contribution in [-0.4, -0.2) is 27.3 Å². The molecule has 2 heterocycles. The number of rotatable bonds is 4. The number of aryl methyl sites for hydroxylation is 1. The molecular weight excluding hydrogens is 326 g/mol. The molecular formula is C20H23N5O. The Morgan fingerprint density at radius 2 is 2.19 bits per heavy atom. The summed E-state index contributed by atoms with van der Waals surface area (Å²) >= 11 is 0. The van der Waals surface area contributed by atoms with E-state index in [1.807, 2.05) is 30.1 Å². The predicted octanol–water partition coefficient (Wildman–Crippen LogP) is 2.89. The third-order valence-electron chi connectivity index (χ3n) is 5.08. The van der Waals surface area contributed by atoms with Gasteiger partial charge in [0.15, 0.2) is 0 Å². The van der Waals surface area contributed by atoms with Crippen molar-refractivity contribution < 1.29 is 4.79 Å². The van der Waals surface area contributed by atoms with E-state index in [0.717, 1.165) is 47.7 Å². The number of urea groups is 1. The second-order valence-corrected chi connectivity index (χ2v) is 6.76. The molecule has 2 N–H and O–H groups in total. The molecule has 0 radical (unpaired) electrons. The standard InChI is InChI=1S/C20H23N5O/c1-25-18-9-3-8-17(16(18)13-23-25)24-20(26)22-12-10-15-6-2-5-14-7-4-11-21-19(14)15/h2,4-7,11,13,17H,3,8-10,12H2,1H3,(H2,22,24,26)/t17-/m0/s1. The molecule has 1 aliphatic carbocycles. The molecule has 0 aliphatic heterocycles. The summed E-state index contributed by atoms with van der Waals surface area (Å²) in [5, 5.41) is 11.5. The van der Waals surface area contributed by atoms with Crippen LogP contribution in [0.15, 0.2) is 42.7 Å². The van der Waals surface area contributed by atoms with Crippen LogP contribution in [0.2, 0.25) is 0 Å². The minimum atomic E-state index is -0.125. The van der Waals surface area contributed by atoms with Crippen molar-refractivity contribution in [3.05, 3.63) is 59.5 Å². The van der Waals surface area contributed by atoms with Crippen molar-refractivity contribution >= 4 is 16.9 Å². The summed E-state index contributed by atoms with van der Waals surface area (Å²) in [5.41, 5.74) is 4.52. The Kier molecular flexibility index (Phi) is 4.56. The molecule has 26 heavy (non-hydrogen) atoms. The zero-order valence-electron chi connectivity index (χ0n) is 14.9. The molecule has 2 aromatic heterocycles. The molecule has 134 valence electrons. The van der Waals surface area contributed by atoms with E-state index in [4.69, 9.17) is 0 Å². The Morgan fingerprint density at radius 1 is 1.31 bits per heavy atom. The smallest absolute Gasteiger partial charge is 0.315 e. The van der Waals surface area contributed by atoms with Crippen LogP contribution in [0.3, 0.4) is 0 Å². The molecule has 0 saturated carbocycles. The van der Waals surface area contributed by atoms with Gasteiger partial charge in [0.2, 0.25) is 0 Å². The lowest BCUT2D eigenvalue weighted by Gasteiger charge is -2.24. The molecule has 6 nitrogen and oxygen atoms in total. The number of pyridine rings is 1. The highest BCUT2D eigenvalue weighted by molar-refractivity contribution is 5.81. The minimum Gasteiger partial charge on any atom is -0.338 e. The van der Waals surface area contributed by atoms with Crippen molar-refractivity contribution in [2.24, 2.45) is 7.05 Å². The highest BCUT2D eigenvalue weighted by Gasteiger charge is 2.24. The molecule has 4 rings (SSSR count). The molecule has 0 saturated heterocycles. The fourth-order valence-corrected chi connectivity index (χ4v) is 3.75. The lowest BCUT2D eigenvalue weighted by molar-refractivity contribution is 0.235. The summed E-state index contributed by atoms with van der Waals surface area (Å²) in [6.07, 6.45) is 7.49. The van der Waals surface area contributed by atoms with Crippen LogP contribution in [0.5, 0.6) is 0 Å². The number of fused-ring (bicyclic) bond motifs is 2.